The van der Waals surface area contributed by atoms with Crippen LogP contribution in [0.4, 0.5) is 0 Å². The van der Waals surface area contributed by atoms with E-state index < -0.39 is 6.10 Å². The molecule has 5 heteroatoms. The highest BCUT2D eigenvalue weighted by atomic mass is 16.5. The molecule has 0 aliphatic carbocycles. The largest absolute Gasteiger partial charge is 0.493 e. The molecule has 0 amide bonds. The van der Waals surface area contributed by atoms with Crippen LogP contribution < -0.4 is 19.9 Å². The highest BCUT2D eigenvalue weighted by molar-refractivity contribution is 5.56. The van der Waals surface area contributed by atoms with Gasteiger partial charge in [-0.25, -0.2) is 0 Å². The topological polar surface area (TPSA) is 73.9 Å². The van der Waals surface area contributed by atoms with Gasteiger partial charge in [0, 0.05) is 11.5 Å². The molecule has 5 nitrogen and oxygen atoms in total. The molecule has 1 rings (SSSR count). The number of ether oxygens (including phenoxy) is 3. The molecule has 0 aliphatic rings. The number of rotatable bonds is 7. The second-order valence-electron chi connectivity index (χ2n) is 4.27. The van der Waals surface area contributed by atoms with Crippen LogP contribution in [-0.2, 0) is 0 Å². The van der Waals surface area contributed by atoms with E-state index in [1.54, 1.807) is 19.2 Å². The Balaban J connectivity index is 3.27. The van der Waals surface area contributed by atoms with Crippen molar-refractivity contribution in [2.75, 3.05) is 27.9 Å². The third-order valence-corrected chi connectivity index (χ3v) is 3.33. The van der Waals surface area contributed by atoms with Gasteiger partial charge in [-0.2, -0.15) is 0 Å². The van der Waals surface area contributed by atoms with Gasteiger partial charge in [-0.1, -0.05) is 6.92 Å². The van der Waals surface area contributed by atoms with Crippen LogP contribution in [0.1, 0.15) is 25.0 Å². The van der Waals surface area contributed by atoms with Crippen molar-refractivity contribution in [2.24, 2.45) is 11.7 Å². The number of aliphatic hydroxyl groups is 1. The van der Waals surface area contributed by atoms with E-state index >= 15 is 0 Å². The summed E-state index contributed by atoms with van der Waals surface area (Å²) in [4.78, 5) is 0. The van der Waals surface area contributed by atoms with E-state index in [0.717, 1.165) is 6.42 Å². The molecule has 0 saturated heterocycles. The van der Waals surface area contributed by atoms with Crippen LogP contribution in [0.3, 0.4) is 0 Å². The van der Waals surface area contributed by atoms with Crippen LogP contribution in [0.5, 0.6) is 17.2 Å². The molecule has 19 heavy (non-hydrogen) atoms. The van der Waals surface area contributed by atoms with Crippen LogP contribution in [0, 0.1) is 5.92 Å². The minimum atomic E-state index is -0.690. The van der Waals surface area contributed by atoms with Crippen LogP contribution >= 0.6 is 0 Å². The van der Waals surface area contributed by atoms with Crippen LogP contribution in [-0.4, -0.2) is 33.0 Å². The Morgan fingerprint density at radius 3 is 2.16 bits per heavy atom. The van der Waals surface area contributed by atoms with Gasteiger partial charge in [0.05, 0.1) is 27.4 Å². The van der Waals surface area contributed by atoms with E-state index in [0.29, 0.717) is 29.4 Å². The van der Waals surface area contributed by atoms with Gasteiger partial charge in [-0.15, -0.1) is 0 Å². The molecule has 0 aliphatic heterocycles. The van der Waals surface area contributed by atoms with Gasteiger partial charge in [-0.3, -0.25) is 0 Å². The van der Waals surface area contributed by atoms with E-state index in [1.165, 1.54) is 14.2 Å². The fraction of sp³-hybridized carbons (Fsp3) is 0.571. The zero-order valence-electron chi connectivity index (χ0n) is 12.0. The third kappa shape index (κ3) is 3.11. The molecule has 108 valence electrons. The first-order valence-electron chi connectivity index (χ1n) is 6.31. The molecule has 0 spiro atoms. The predicted octanol–water partition coefficient (Wildman–Crippen LogP) is 1.73. The summed E-state index contributed by atoms with van der Waals surface area (Å²) in [7, 11) is 4.63. The molecule has 0 aromatic heterocycles. The van der Waals surface area contributed by atoms with E-state index in [2.05, 4.69) is 0 Å². The Bertz CT molecular complexity index is 405. The second-order valence-corrected chi connectivity index (χ2v) is 4.27. The summed E-state index contributed by atoms with van der Waals surface area (Å²) in [5.74, 6) is 1.51. The molecule has 0 saturated carbocycles. The minimum absolute atomic E-state index is 0.0213. The summed E-state index contributed by atoms with van der Waals surface area (Å²) in [6.45, 7) is 2.41. The number of aliphatic hydroxyl groups excluding tert-OH is 1. The van der Waals surface area contributed by atoms with Gasteiger partial charge in [-0.05, 0) is 25.1 Å². The molecule has 1 aromatic carbocycles. The Labute approximate surface area is 114 Å². The maximum absolute atomic E-state index is 10.4. The fourth-order valence-corrected chi connectivity index (χ4v) is 2.13. The Hall–Kier alpha value is -1.46. The molecule has 0 bridgehead atoms. The maximum atomic E-state index is 10.4. The van der Waals surface area contributed by atoms with Crippen molar-refractivity contribution >= 4 is 0 Å². The quantitative estimate of drug-likeness (QED) is 0.788. The second kappa shape index (κ2) is 7.21. The van der Waals surface area contributed by atoms with Gasteiger partial charge in [0.15, 0.2) is 11.5 Å². The summed E-state index contributed by atoms with van der Waals surface area (Å²) in [6, 6.07) is 3.53. The molecular weight excluding hydrogens is 246 g/mol. The first-order chi connectivity index (χ1) is 9.14. The van der Waals surface area contributed by atoms with E-state index in [-0.39, 0.29) is 5.92 Å². The summed E-state index contributed by atoms with van der Waals surface area (Å²) < 4.78 is 15.9. The predicted molar refractivity (Wildman–Crippen MR) is 73.9 cm³/mol. The SMILES string of the molecule is CCC(CN)C(O)c1ccc(OC)c(OC)c1OC. The number of nitrogens with two attached hydrogens (primary N) is 1. The highest BCUT2D eigenvalue weighted by Gasteiger charge is 2.25. The van der Waals surface area contributed by atoms with Gasteiger partial charge in [0.2, 0.25) is 5.75 Å². The van der Waals surface area contributed by atoms with Crippen molar-refractivity contribution in [1.82, 2.24) is 0 Å². The molecule has 0 radical (unpaired) electrons. The molecule has 1 aromatic rings. The van der Waals surface area contributed by atoms with Crippen molar-refractivity contribution in [1.29, 1.82) is 0 Å². The Morgan fingerprint density at radius 2 is 1.74 bits per heavy atom. The smallest absolute Gasteiger partial charge is 0.203 e. The third-order valence-electron chi connectivity index (χ3n) is 3.33. The number of methoxy groups -OCH3 is 3. The fourth-order valence-electron chi connectivity index (χ4n) is 2.13. The van der Waals surface area contributed by atoms with Crippen molar-refractivity contribution in [3.8, 4) is 17.2 Å². The first-order valence-corrected chi connectivity index (χ1v) is 6.31. The van der Waals surface area contributed by atoms with Crippen molar-refractivity contribution in [2.45, 2.75) is 19.4 Å². The van der Waals surface area contributed by atoms with Crippen LogP contribution in [0.15, 0.2) is 12.1 Å². The molecule has 2 atom stereocenters. The zero-order valence-corrected chi connectivity index (χ0v) is 12.0. The minimum Gasteiger partial charge on any atom is -0.493 e. The van der Waals surface area contributed by atoms with Gasteiger partial charge in [0.1, 0.15) is 0 Å². The van der Waals surface area contributed by atoms with Crippen molar-refractivity contribution < 1.29 is 19.3 Å². The van der Waals surface area contributed by atoms with Crippen molar-refractivity contribution in [3.05, 3.63) is 17.7 Å². The summed E-state index contributed by atoms with van der Waals surface area (Å²) >= 11 is 0. The number of hydrogen-bond acceptors (Lipinski definition) is 5. The zero-order chi connectivity index (χ0) is 14.4. The summed E-state index contributed by atoms with van der Waals surface area (Å²) in [5, 5.41) is 10.4. The molecular formula is C14H23NO4. The van der Waals surface area contributed by atoms with Crippen LogP contribution in [0.2, 0.25) is 0 Å². The maximum Gasteiger partial charge on any atom is 0.203 e. The number of hydrogen-bond donors (Lipinski definition) is 2. The normalized spacial score (nSPS) is 13.8. The first kappa shape index (κ1) is 15.6. The van der Waals surface area contributed by atoms with E-state index in [4.69, 9.17) is 19.9 Å². The Kier molecular flexibility index (Phi) is 5.92. The molecule has 3 N–H and O–H groups in total. The lowest BCUT2D eigenvalue weighted by Gasteiger charge is -2.23. The van der Waals surface area contributed by atoms with Gasteiger partial charge < -0.3 is 25.1 Å². The molecule has 2 unspecified atom stereocenters. The average molecular weight is 269 g/mol. The van der Waals surface area contributed by atoms with Gasteiger partial charge in [0.25, 0.3) is 0 Å². The lowest BCUT2D eigenvalue weighted by molar-refractivity contribution is 0.106. The van der Waals surface area contributed by atoms with E-state index in [9.17, 15) is 5.11 Å². The van der Waals surface area contributed by atoms with E-state index in [1.807, 2.05) is 6.92 Å². The molecule has 0 heterocycles. The van der Waals surface area contributed by atoms with Crippen LogP contribution in [0.25, 0.3) is 0 Å². The monoisotopic (exact) mass is 269 g/mol. The highest BCUT2D eigenvalue weighted by Crippen LogP contribution is 2.43. The van der Waals surface area contributed by atoms with Gasteiger partial charge >= 0.3 is 0 Å². The molecule has 0 fully saturated rings. The number of benzene rings is 1. The Morgan fingerprint density at radius 1 is 1.11 bits per heavy atom. The van der Waals surface area contributed by atoms with Crippen molar-refractivity contribution in [3.63, 3.8) is 0 Å². The average Bonchev–Trinajstić information content (AvgIpc) is 2.46. The summed E-state index contributed by atoms with van der Waals surface area (Å²) in [5.41, 5.74) is 6.35. The lowest BCUT2D eigenvalue weighted by Crippen LogP contribution is -2.21. The lowest BCUT2D eigenvalue weighted by atomic mass is 9.92. The standard InChI is InChI=1S/C14H23NO4/c1-5-9(8-15)12(16)10-6-7-11(17-2)14(19-4)13(10)18-3/h6-7,9,12,16H,5,8,15H2,1-4H3. The summed E-state index contributed by atoms with van der Waals surface area (Å²) in [6.07, 6.45) is 0.0968.